The van der Waals surface area contributed by atoms with Crippen molar-refractivity contribution in [3.63, 3.8) is 0 Å². The summed E-state index contributed by atoms with van der Waals surface area (Å²) in [5.74, 6) is -1.47. The van der Waals surface area contributed by atoms with E-state index in [0.29, 0.717) is 15.6 Å². The molecular weight excluding hydrogens is 364 g/mol. The number of rotatable bonds is 3. The summed E-state index contributed by atoms with van der Waals surface area (Å²) in [6.07, 6.45) is 1.64. The van der Waals surface area contributed by atoms with Crippen molar-refractivity contribution in [2.75, 3.05) is 0 Å². The van der Waals surface area contributed by atoms with Crippen LogP contribution >= 0.6 is 23.4 Å². The van der Waals surface area contributed by atoms with Crippen LogP contribution in [0.2, 0.25) is 5.02 Å². The number of imide groups is 1. The van der Waals surface area contributed by atoms with Crippen LogP contribution < -0.4 is 5.32 Å². The van der Waals surface area contributed by atoms with Crippen molar-refractivity contribution in [1.29, 1.82) is 0 Å². The van der Waals surface area contributed by atoms with Gasteiger partial charge in [-0.3, -0.25) is 14.9 Å². The Hall–Kier alpha value is -2.51. The number of carboxylic acids is 1. The van der Waals surface area contributed by atoms with E-state index in [2.05, 4.69) is 5.32 Å². The van der Waals surface area contributed by atoms with Gasteiger partial charge < -0.3 is 9.67 Å². The fraction of sp³-hybridized carbons (Fsp3) is 0.118. The number of nitrogens with zero attached hydrogens (tertiary/aromatic N) is 1. The molecule has 2 heterocycles. The smallest absolute Gasteiger partial charge is 0.335 e. The minimum absolute atomic E-state index is 0.128. The molecule has 0 spiro atoms. The monoisotopic (exact) mass is 376 g/mol. The van der Waals surface area contributed by atoms with Crippen LogP contribution in [0.5, 0.6) is 0 Å². The van der Waals surface area contributed by atoms with Gasteiger partial charge in [0.05, 0.1) is 21.2 Å². The summed E-state index contributed by atoms with van der Waals surface area (Å²) in [7, 11) is 0. The predicted octanol–water partition coefficient (Wildman–Crippen LogP) is 3.77. The zero-order valence-corrected chi connectivity index (χ0v) is 14.9. The Morgan fingerprint density at radius 2 is 2.00 bits per heavy atom. The predicted molar refractivity (Wildman–Crippen MR) is 96.3 cm³/mol. The number of benzene rings is 1. The van der Waals surface area contributed by atoms with Crippen LogP contribution in [-0.2, 0) is 4.79 Å². The molecule has 0 bridgehead atoms. The highest BCUT2D eigenvalue weighted by Crippen LogP contribution is 2.31. The molecule has 2 aromatic rings. The highest BCUT2D eigenvalue weighted by atomic mass is 35.5. The second-order valence-electron chi connectivity index (χ2n) is 5.49. The maximum Gasteiger partial charge on any atom is 0.335 e. The minimum atomic E-state index is -1.04. The number of aryl methyl sites for hydroxylation is 1. The summed E-state index contributed by atoms with van der Waals surface area (Å²) in [6.45, 7) is 3.69. The van der Waals surface area contributed by atoms with E-state index in [-0.39, 0.29) is 5.56 Å². The quantitative estimate of drug-likeness (QED) is 0.796. The van der Waals surface area contributed by atoms with Gasteiger partial charge >= 0.3 is 5.97 Å². The van der Waals surface area contributed by atoms with Gasteiger partial charge in [-0.25, -0.2) is 4.79 Å². The zero-order chi connectivity index (χ0) is 18.3. The second kappa shape index (κ2) is 6.42. The van der Waals surface area contributed by atoms with Gasteiger partial charge in [-0.1, -0.05) is 11.6 Å². The van der Waals surface area contributed by atoms with Crippen molar-refractivity contribution < 1.29 is 19.5 Å². The number of halogens is 1. The van der Waals surface area contributed by atoms with Crippen LogP contribution in [0.4, 0.5) is 4.79 Å². The van der Waals surface area contributed by atoms with Gasteiger partial charge in [-0.2, -0.15) is 0 Å². The lowest BCUT2D eigenvalue weighted by Gasteiger charge is -2.12. The van der Waals surface area contributed by atoms with E-state index in [4.69, 9.17) is 11.6 Å². The number of nitrogens with one attached hydrogen (secondary N) is 1. The first-order chi connectivity index (χ1) is 11.8. The van der Waals surface area contributed by atoms with Crippen molar-refractivity contribution >= 4 is 46.6 Å². The SMILES string of the molecule is Cc1cc(/C=C2\SC(=O)NC2=O)c(C)n1-c1cc(C(=O)O)ccc1Cl. The molecule has 25 heavy (non-hydrogen) atoms. The molecule has 0 atom stereocenters. The summed E-state index contributed by atoms with van der Waals surface area (Å²) in [5.41, 5.74) is 3.02. The number of thioether (sulfide) groups is 1. The number of aromatic nitrogens is 1. The summed E-state index contributed by atoms with van der Waals surface area (Å²) >= 11 is 7.11. The van der Waals surface area contributed by atoms with Crippen LogP contribution in [0.25, 0.3) is 11.8 Å². The van der Waals surface area contributed by atoms with Crippen LogP contribution in [0, 0.1) is 13.8 Å². The van der Waals surface area contributed by atoms with Crippen molar-refractivity contribution in [3.8, 4) is 5.69 Å². The van der Waals surface area contributed by atoms with E-state index in [1.54, 1.807) is 6.08 Å². The molecule has 128 valence electrons. The van der Waals surface area contributed by atoms with E-state index in [1.165, 1.54) is 18.2 Å². The number of amides is 2. The Kier molecular flexibility index (Phi) is 4.45. The summed E-state index contributed by atoms with van der Waals surface area (Å²) < 4.78 is 1.82. The standard InChI is InChI=1S/C17H13ClN2O4S/c1-8-5-11(7-14-15(21)19-17(24)25-14)9(2)20(8)13-6-10(16(22)23)3-4-12(13)18/h3-7H,1-2H3,(H,22,23)(H,19,21,24)/b14-7-. The highest BCUT2D eigenvalue weighted by Gasteiger charge is 2.25. The van der Waals surface area contributed by atoms with E-state index in [9.17, 15) is 19.5 Å². The summed E-state index contributed by atoms with van der Waals surface area (Å²) in [5, 5.41) is 11.4. The molecule has 1 fully saturated rings. The molecule has 0 radical (unpaired) electrons. The third-order valence-corrected chi connectivity index (χ3v) is 4.96. The zero-order valence-electron chi connectivity index (χ0n) is 13.3. The van der Waals surface area contributed by atoms with Crippen LogP contribution in [0.1, 0.15) is 27.3 Å². The minimum Gasteiger partial charge on any atom is -0.478 e. The van der Waals surface area contributed by atoms with Gasteiger partial charge in [-0.15, -0.1) is 0 Å². The summed E-state index contributed by atoms with van der Waals surface area (Å²) in [4.78, 5) is 34.6. The summed E-state index contributed by atoms with van der Waals surface area (Å²) in [6, 6.07) is 6.33. The normalized spacial score (nSPS) is 15.7. The van der Waals surface area contributed by atoms with Crippen molar-refractivity contribution in [2.45, 2.75) is 13.8 Å². The average molecular weight is 377 g/mol. The van der Waals surface area contributed by atoms with Crippen LogP contribution in [0.15, 0.2) is 29.2 Å². The lowest BCUT2D eigenvalue weighted by Crippen LogP contribution is -2.17. The molecule has 6 nitrogen and oxygen atoms in total. The molecule has 0 saturated carbocycles. The number of hydrogen-bond acceptors (Lipinski definition) is 4. The number of carbonyl (C=O) groups excluding carboxylic acids is 2. The molecule has 0 aliphatic carbocycles. The van der Waals surface area contributed by atoms with E-state index in [1.807, 2.05) is 24.5 Å². The molecule has 1 saturated heterocycles. The van der Waals surface area contributed by atoms with Gasteiger partial charge in [0.15, 0.2) is 0 Å². The molecule has 2 amide bonds. The Labute approximate surface area is 152 Å². The molecule has 3 rings (SSSR count). The maximum absolute atomic E-state index is 11.7. The third-order valence-electron chi connectivity index (χ3n) is 3.83. The Morgan fingerprint density at radius 1 is 1.28 bits per heavy atom. The molecule has 2 N–H and O–H groups in total. The number of carboxylic acid groups (broad SMARTS) is 1. The Morgan fingerprint density at radius 3 is 2.60 bits per heavy atom. The first-order valence-electron chi connectivity index (χ1n) is 7.25. The first-order valence-corrected chi connectivity index (χ1v) is 8.44. The highest BCUT2D eigenvalue weighted by molar-refractivity contribution is 8.18. The molecular formula is C17H13ClN2O4S. The van der Waals surface area contributed by atoms with Crippen molar-refractivity contribution in [2.24, 2.45) is 0 Å². The molecule has 1 aliphatic rings. The molecule has 1 aliphatic heterocycles. The van der Waals surface area contributed by atoms with Crippen LogP contribution in [0.3, 0.4) is 0 Å². The largest absolute Gasteiger partial charge is 0.478 e. The van der Waals surface area contributed by atoms with Gasteiger partial charge in [0, 0.05) is 11.4 Å². The number of hydrogen-bond donors (Lipinski definition) is 2. The fourth-order valence-corrected chi connectivity index (χ4v) is 3.56. The van der Waals surface area contributed by atoms with Gasteiger partial charge in [0.2, 0.25) is 0 Å². The van der Waals surface area contributed by atoms with Gasteiger partial charge in [0.1, 0.15) is 0 Å². The van der Waals surface area contributed by atoms with Gasteiger partial charge in [0.25, 0.3) is 11.1 Å². The second-order valence-corrected chi connectivity index (χ2v) is 6.91. The van der Waals surface area contributed by atoms with Gasteiger partial charge in [-0.05, 0) is 61.5 Å². The first kappa shape index (κ1) is 17.3. The Bertz CT molecular complexity index is 962. The maximum atomic E-state index is 11.7. The van der Waals surface area contributed by atoms with Crippen molar-refractivity contribution in [3.05, 3.63) is 56.7 Å². The number of aromatic carboxylic acids is 1. The fourth-order valence-electron chi connectivity index (χ4n) is 2.68. The Balaban J connectivity index is 2.11. The third kappa shape index (κ3) is 3.20. The van der Waals surface area contributed by atoms with Crippen molar-refractivity contribution in [1.82, 2.24) is 9.88 Å². The average Bonchev–Trinajstić information content (AvgIpc) is 2.99. The lowest BCUT2D eigenvalue weighted by molar-refractivity contribution is -0.115. The lowest BCUT2D eigenvalue weighted by atomic mass is 10.2. The number of carbonyl (C=O) groups is 3. The van der Waals surface area contributed by atoms with E-state index < -0.39 is 17.1 Å². The molecule has 0 unspecified atom stereocenters. The molecule has 1 aromatic heterocycles. The topological polar surface area (TPSA) is 88.4 Å². The van der Waals surface area contributed by atoms with Crippen LogP contribution in [-0.4, -0.2) is 26.8 Å². The van der Waals surface area contributed by atoms with E-state index >= 15 is 0 Å². The van der Waals surface area contributed by atoms with E-state index in [0.717, 1.165) is 28.7 Å². The molecule has 1 aromatic carbocycles. The molecule has 8 heteroatoms.